The molecule has 0 aliphatic heterocycles. The molecule has 0 radical (unpaired) electrons. The van der Waals surface area contributed by atoms with E-state index in [-0.39, 0.29) is 0 Å². The molecule has 2 nitrogen and oxygen atoms in total. The first-order chi connectivity index (χ1) is 10.3. The monoisotopic (exact) mass is 295 g/mol. The largest absolute Gasteiger partial charge is 0.444 e. The van der Waals surface area contributed by atoms with Crippen LogP contribution in [0.1, 0.15) is 16.7 Å². The molecule has 0 saturated carbocycles. The molecular weight excluding hydrogens is 282 g/mol. The van der Waals surface area contributed by atoms with Crippen LogP contribution >= 0.6 is 11.6 Å². The highest BCUT2D eigenvalue weighted by atomic mass is 35.5. The van der Waals surface area contributed by atoms with E-state index < -0.39 is 0 Å². The summed E-state index contributed by atoms with van der Waals surface area (Å²) < 4.78 is 5.32. The molecule has 3 aromatic rings. The lowest BCUT2D eigenvalue weighted by Crippen LogP contribution is -1.79. The van der Waals surface area contributed by atoms with Crippen LogP contribution in [-0.4, -0.2) is 4.98 Å². The summed E-state index contributed by atoms with van der Waals surface area (Å²) in [6, 6.07) is 16.3. The van der Waals surface area contributed by atoms with Crippen molar-refractivity contribution in [2.75, 3.05) is 0 Å². The summed E-state index contributed by atoms with van der Waals surface area (Å²) in [6.07, 6.45) is 7.31. The van der Waals surface area contributed by atoms with Gasteiger partial charge in [0.2, 0.25) is 0 Å². The van der Waals surface area contributed by atoms with Crippen LogP contribution < -0.4 is 0 Å². The van der Waals surface area contributed by atoms with E-state index in [1.807, 2.05) is 24.3 Å². The lowest BCUT2D eigenvalue weighted by Gasteiger charge is -2.00. The Bertz CT molecular complexity index is 747. The third-order valence-corrected chi connectivity index (χ3v) is 3.49. The van der Waals surface area contributed by atoms with Gasteiger partial charge in [0.15, 0.2) is 12.2 Å². The third-order valence-electron chi connectivity index (χ3n) is 3.18. The molecule has 0 saturated heterocycles. The van der Waals surface area contributed by atoms with Crippen molar-refractivity contribution in [2.24, 2.45) is 0 Å². The highest BCUT2D eigenvalue weighted by Crippen LogP contribution is 2.21. The van der Waals surface area contributed by atoms with Crippen molar-refractivity contribution in [1.29, 1.82) is 0 Å². The average molecular weight is 296 g/mol. The van der Waals surface area contributed by atoms with Gasteiger partial charge in [0.1, 0.15) is 0 Å². The SMILES string of the molecule is ClCc1cccc(C=Cc2cccc(-c3cnco3)c2)c1. The van der Waals surface area contributed by atoms with Crippen LogP contribution in [0, 0.1) is 0 Å². The van der Waals surface area contributed by atoms with Gasteiger partial charge in [-0.1, -0.05) is 54.6 Å². The zero-order valence-corrected chi connectivity index (χ0v) is 12.1. The molecule has 0 aliphatic carbocycles. The molecule has 0 N–H and O–H groups in total. The normalized spacial score (nSPS) is 11.1. The maximum atomic E-state index is 5.85. The Labute approximate surface area is 128 Å². The first-order valence-electron chi connectivity index (χ1n) is 6.67. The van der Waals surface area contributed by atoms with Crippen LogP contribution in [0.25, 0.3) is 23.5 Å². The van der Waals surface area contributed by atoms with Crippen molar-refractivity contribution in [1.82, 2.24) is 4.98 Å². The van der Waals surface area contributed by atoms with Crippen molar-refractivity contribution in [3.63, 3.8) is 0 Å². The van der Waals surface area contributed by atoms with Gasteiger partial charge in [0.05, 0.1) is 6.20 Å². The van der Waals surface area contributed by atoms with E-state index in [2.05, 4.69) is 41.4 Å². The van der Waals surface area contributed by atoms with Gasteiger partial charge in [0, 0.05) is 11.4 Å². The van der Waals surface area contributed by atoms with Crippen LogP contribution in [0.15, 0.2) is 65.5 Å². The van der Waals surface area contributed by atoms with E-state index in [0.29, 0.717) is 5.88 Å². The maximum Gasteiger partial charge on any atom is 0.181 e. The molecule has 3 heteroatoms. The highest BCUT2D eigenvalue weighted by Gasteiger charge is 2.00. The third kappa shape index (κ3) is 3.41. The van der Waals surface area contributed by atoms with E-state index >= 15 is 0 Å². The summed E-state index contributed by atoms with van der Waals surface area (Å²) in [5, 5.41) is 0. The summed E-state index contributed by atoms with van der Waals surface area (Å²) >= 11 is 5.85. The number of hydrogen-bond donors (Lipinski definition) is 0. The summed E-state index contributed by atoms with van der Waals surface area (Å²) in [4.78, 5) is 3.94. The predicted octanol–water partition coefficient (Wildman–Crippen LogP) is 5.25. The van der Waals surface area contributed by atoms with Gasteiger partial charge in [-0.2, -0.15) is 0 Å². The molecular formula is C18H14ClNO. The van der Waals surface area contributed by atoms with Gasteiger partial charge in [-0.15, -0.1) is 11.6 Å². The molecule has 1 heterocycles. The number of aromatic nitrogens is 1. The lowest BCUT2D eigenvalue weighted by molar-refractivity contribution is 0.572. The molecule has 0 bridgehead atoms. The van der Waals surface area contributed by atoms with E-state index in [1.165, 1.54) is 6.39 Å². The second-order valence-electron chi connectivity index (χ2n) is 4.70. The molecule has 0 atom stereocenters. The number of alkyl halides is 1. The summed E-state index contributed by atoms with van der Waals surface area (Å²) in [5.41, 5.74) is 4.39. The minimum Gasteiger partial charge on any atom is -0.444 e. The van der Waals surface area contributed by atoms with Crippen molar-refractivity contribution in [2.45, 2.75) is 5.88 Å². The van der Waals surface area contributed by atoms with Gasteiger partial charge in [-0.05, 0) is 22.8 Å². The second kappa shape index (κ2) is 6.42. The number of oxazole rings is 1. The number of halogens is 1. The van der Waals surface area contributed by atoms with Gasteiger partial charge in [-0.3, -0.25) is 0 Å². The Hall–Kier alpha value is -2.32. The Morgan fingerprint density at radius 3 is 2.48 bits per heavy atom. The average Bonchev–Trinajstić information content (AvgIpc) is 3.08. The fraction of sp³-hybridized carbons (Fsp3) is 0.0556. The summed E-state index contributed by atoms with van der Waals surface area (Å²) in [5.74, 6) is 1.30. The standard InChI is InChI=1S/C18H14ClNO/c19-11-16-5-1-3-14(9-16)7-8-15-4-2-6-17(10-15)18-12-20-13-21-18/h1-10,12-13H,11H2. The van der Waals surface area contributed by atoms with Crippen molar-refractivity contribution in [3.05, 3.63) is 77.8 Å². The molecule has 2 aromatic carbocycles. The maximum absolute atomic E-state index is 5.85. The van der Waals surface area contributed by atoms with Crippen LogP contribution in [0.4, 0.5) is 0 Å². The smallest absolute Gasteiger partial charge is 0.181 e. The topological polar surface area (TPSA) is 26.0 Å². The van der Waals surface area contributed by atoms with Crippen LogP contribution in [0.2, 0.25) is 0 Å². The summed E-state index contributed by atoms with van der Waals surface area (Å²) in [6.45, 7) is 0. The Morgan fingerprint density at radius 2 is 1.76 bits per heavy atom. The van der Waals surface area contributed by atoms with Crippen LogP contribution in [0.3, 0.4) is 0 Å². The van der Waals surface area contributed by atoms with Gasteiger partial charge in [-0.25, -0.2) is 4.98 Å². The molecule has 0 unspecified atom stereocenters. The Balaban J connectivity index is 1.84. The Morgan fingerprint density at radius 1 is 1.00 bits per heavy atom. The number of benzene rings is 2. The number of hydrogen-bond acceptors (Lipinski definition) is 2. The molecule has 0 fully saturated rings. The Kier molecular flexibility index (Phi) is 4.17. The van der Waals surface area contributed by atoms with E-state index in [1.54, 1.807) is 6.20 Å². The van der Waals surface area contributed by atoms with Crippen molar-refractivity contribution in [3.8, 4) is 11.3 Å². The predicted molar refractivity (Wildman–Crippen MR) is 86.9 cm³/mol. The molecule has 104 valence electrons. The van der Waals surface area contributed by atoms with Gasteiger partial charge < -0.3 is 4.42 Å². The quantitative estimate of drug-likeness (QED) is 0.485. The van der Waals surface area contributed by atoms with Crippen molar-refractivity contribution < 1.29 is 4.42 Å². The first kappa shape index (κ1) is 13.7. The molecule has 0 amide bonds. The van der Waals surface area contributed by atoms with Crippen LogP contribution in [0.5, 0.6) is 0 Å². The van der Waals surface area contributed by atoms with Crippen molar-refractivity contribution >= 4 is 23.8 Å². The number of nitrogens with zero attached hydrogens (tertiary/aromatic N) is 1. The van der Waals surface area contributed by atoms with Gasteiger partial charge >= 0.3 is 0 Å². The minimum atomic E-state index is 0.530. The first-order valence-corrected chi connectivity index (χ1v) is 7.20. The lowest BCUT2D eigenvalue weighted by atomic mass is 10.1. The van der Waals surface area contributed by atoms with Gasteiger partial charge in [0.25, 0.3) is 0 Å². The molecule has 0 aliphatic rings. The second-order valence-corrected chi connectivity index (χ2v) is 4.97. The molecule has 1 aromatic heterocycles. The van der Waals surface area contributed by atoms with E-state index in [4.69, 9.17) is 16.0 Å². The fourth-order valence-electron chi connectivity index (χ4n) is 2.13. The molecule has 0 spiro atoms. The van der Waals surface area contributed by atoms with E-state index in [0.717, 1.165) is 28.0 Å². The zero-order valence-electron chi connectivity index (χ0n) is 11.4. The minimum absolute atomic E-state index is 0.530. The molecule has 21 heavy (non-hydrogen) atoms. The van der Waals surface area contributed by atoms with Crippen LogP contribution in [-0.2, 0) is 5.88 Å². The molecule has 3 rings (SSSR count). The summed E-state index contributed by atoms with van der Waals surface area (Å²) in [7, 11) is 0. The van der Waals surface area contributed by atoms with E-state index in [9.17, 15) is 0 Å². The zero-order chi connectivity index (χ0) is 14.5. The fourth-order valence-corrected chi connectivity index (χ4v) is 2.29. The number of rotatable bonds is 4. The highest BCUT2D eigenvalue weighted by molar-refractivity contribution is 6.17.